The topological polar surface area (TPSA) is 38.0 Å². The van der Waals surface area contributed by atoms with E-state index in [2.05, 4.69) is 12.3 Å². The van der Waals surface area contributed by atoms with Gasteiger partial charge in [0.25, 0.3) is 0 Å². The Kier molecular flexibility index (Phi) is 5.04. The molecule has 0 fully saturated rings. The number of nitrogens with two attached hydrogens (primary N) is 1. The molecule has 0 bridgehead atoms. The van der Waals surface area contributed by atoms with Gasteiger partial charge in [-0.1, -0.05) is 43.7 Å². The van der Waals surface area contributed by atoms with Gasteiger partial charge in [0.2, 0.25) is 0 Å². The first-order chi connectivity index (χ1) is 10.1. The van der Waals surface area contributed by atoms with Gasteiger partial charge in [-0.25, -0.2) is 14.2 Å². The van der Waals surface area contributed by atoms with Gasteiger partial charge in [-0.2, -0.15) is 0 Å². The van der Waals surface area contributed by atoms with Crippen LogP contribution in [0.25, 0.3) is 0 Å². The van der Waals surface area contributed by atoms with Crippen molar-refractivity contribution in [3.8, 4) is 0 Å². The molecule has 3 N–H and O–H groups in total. The van der Waals surface area contributed by atoms with E-state index in [1.165, 1.54) is 17.7 Å². The van der Waals surface area contributed by atoms with E-state index in [0.29, 0.717) is 5.56 Å². The Bertz CT molecular complexity index is 609. The fourth-order valence-corrected chi connectivity index (χ4v) is 2.45. The molecule has 0 amide bonds. The van der Waals surface area contributed by atoms with E-state index in [4.69, 9.17) is 5.84 Å². The van der Waals surface area contributed by atoms with E-state index in [0.717, 1.165) is 18.4 Å². The molecule has 21 heavy (non-hydrogen) atoms. The second-order valence-corrected chi connectivity index (χ2v) is 5.18. The Morgan fingerprint density at radius 2 is 1.76 bits per heavy atom. The number of aryl methyl sites for hydroxylation is 2. The van der Waals surface area contributed by atoms with Crippen LogP contribution in [0.5, 0.6) is 0 Å². The van der Waals surface area contributed by atoms with Crippen molar-refractivity contribution in [2.45, 2.75) is 32.7 Å². The van der Waals surface area contributed by atoms with Crippen LogP contribution in [0.4, 0.5) is 8.78 Å². The molecular formula is C17H20F2N2. The summed E-state index contributed by atoms with van der Waals surface area (Å²) in [4.78, 5) is 0. The lowest BCUT2D eigenvalue weighted by molar-refractivity contribution is 0.506. The van der Waals surface area contributed by atoms with Crippen molar-refractivity contribution in [2.24, 2.45) is 5.84 Å². The molecule has 2 rings (SSSR count). The summed E-state index contributed by atoms with van der Waals surface area (Å²) in [5.74, 6) is 4.38. The molecule has 1 unspecified atom stereocenters. The van der Waals surface area contributed by atoms with Crippen LogP contribution in [0.15, 0.2) is 36.4 Å². The lowest BCUT2D eigenvalue weighted by Crippen LogP contribution is -2.30. The molecule has 0 aliphatic carbocycles. The van der Waals surface area contributed by atoms with Crippen LogP contribution >= 0.6 is 0 Å². The van der Waals surface area contributed by atoms with Gasteiger partial charge in [-0.05, 0) is 36.1 Å². The number of benzene rings is 2. The van der Waals surface area contributed by atoms with E-state index in [-0.39, 0.29) is 5.56 Å². The molecule has 0 aliphatic rings. The second-order valence-electron chi connectivity index (χ2n) is 5.18. The van der Waals surface area contributed by atoms with Gasteiger partial charge >= 0.3 is 0 Å². The Morgan fingerprint density at radius 3 is 2.33 bits per heavy atom. The Morgan fingerprint density at radius 1 is 1.10 bits per heavy atom. The standard InChI is InChI=1S/C17H20F2N2/c1-3-4-12-6-8-13(9-7-12)17(21-20)15-14(18)10-5-11(2)16(15)19/h5-10,17,21H,3-4,20H2,1-2H3. The van der Waals surface area contributed by atoms with Crippen LogP contribution in [-0.4, -0.2) is 0 Å². The predicted molar refractivity (Wildman–Crippen MR) is 80.7 cm³/mol. The van der Waals surface area contributed by atoms with Crippen molar-refractivity contribution in [3.63, 3.8) is 0 Å². The number of rotatable bonds is 5. The zero-order valence-corrected chi connectivity index (χ0v) is 12.3. The van der Waals surface area contributed by atoms with Gasteiger partial charge < -0.3 is 0 Å². The predicted octanol–water partition coefficient (Wildman–Crippen LogP) is 3.78. The average Bonchev–Trinajstić information content (AvgIpc) is 2.49. The first-order valence-electron chi connectivity index (χ1n) is 7.08. The highest BCUT2D eigenvalue weighted by Gasteiger charge is 2.22. The Labute approximate surface area is 124 Å². The molecule has 112 valence electrons. The summed E-state index contributed by atoms with van der Waals surface area (Å²) >= 11 is 0. The minimum Gasteiger partial charge on any atom is -0.271 e. The third kappa shape index (κ3) is 3.28. The summed E-state index contributed by atoms with van der Waals surface area (Å²) in [7, 11) is 0. The molecule has 0 spiro atoms. The minimum absolute atomic E-state index is 0.0410. The molecule has 0 radical (unpaired) electrons. The Hall–Kier alpha value is -1.78. The normalized spacial score (nSPS) is 12.4. The van der Waals surface area contributed by atoms with Crippen LogP contribution in [0.2, 0.25) is 0 Å². The maximum atomic E-state index is 14.2. The fourth-order valence-electron chi connectivity index (χ4n) is 2.45. The van der Waals surface area contributed by atoms with Crippen LogP contribution in [0, 0.1) is 18.6 Å². The van der Waals surface area contributed by atoms with E-state index in [1.54, 1.807) is 6.92 Å². The number of hydrazine groups is 1. The molecule has 0 heterocycles. The smallest absolute Gasteiger partial charge is 0.134 e. The summed E-state index contributed by atoms with van der Waals surface area (Å²) in [5, 5.41) is 0. The zero-order valence-electron chi connectivity index (χ0n) is 12.3. The van der Waals surface area contributed by atoms with Crippen LogP contribution in [0.1, 0.15) is 41.6 Å². The maximum absolute atomic E-state index is 14.2. The van der Waals surface area contributed by atoms with Crippen molar-refractivity contribution in [1.29, 1.82) is 0 Å². The lowest BCUT2D eigenvalue weighted by atomic mass is 9.95. The third-order valence-electron chi connectivity index (χ3n) is 3.63. The average molecular weight is 290 g/mol. The van der Waals surface area contributed by atoms with Crippen LogP contribution in [-0.2, 0) is 6.42 Å². The molecule has 0 aromatic heterocycles. The molecular weight excluding hydrogens is 270 g/mol. The molecule has 0 aliphatic heterocycles. The number of hydrogen-bond donors (Lipinski definition) is 2. The maximum Gasteiger partial charge on any atom is 0.134 e. The Balaban J connectivity index is 2.42. The third-order valence-corrected chi connectivity index (χ3v) is 3.63. The fraction of sp³-hybridized carbons (Fsp3) is 0.294. The van der Waals surface area contributed by atoms with E-state index in [9.17, 15) is 8.78 Å². The minimum atomic E-state index is -0.708. The van der Waals surface area contributed by atoms with Gasteiger partial charge in [0, 0.05) is 5.56 Å². The van der Waals surface area contributed by atoms with E-state index in [1.807, 2.05) is 24.3 Å². The summed E-state index contributed by atoms with van der Waals surface area (Å²) in [5.41, 5.74) is 4.80. The largest absolute Gasteiger partial charge is 0.271 e. The summed E-state index contributed by atoms with van der Waals surface area (Å²) in [6, 6.07) is 9.63. The molecule has 2 aromatic carbocycles. The highest BCUT2D eigenvalue weighted by molar-refractivity contribution is 5.37. The number of nitrogens with one attached hydrogen (secondary N) is 1. The lowest BCUT2D eigenvalue weighted by Gasteiger charge is -2.19. The number of halogens is 2. The second kappa shape index (κ2) is 6.78. The van der Waals surface area contributed by atoms with E-state index >= 15 is 0 Å². The SMILES string of the molecule is CCCc1ccc(C(NN)c2c(F)ccc(C)c2F)cc1. The molecule has 1 atom stereocenters. The molecule has 2 nitrogen and oxygen atoms in total. The molecule has 2 aromatic rings. The quantitative estimate of drug-likeness (QED) is 0.649. The van der Waals surface area contributed by atoms with Crippen molar-refractivity contribution < 1.29 is 8.78 Å². The molecule has 4 heteroatoms. The van der Waals surface area contributed by atoms with Crippen molar-refractivity contribution in [1.82, 2.24) is 5.43 Å². The zero-order chi connectivity index (χ0) is 15.4. The summed E-state index contributed by atoms with van der Waals surface area (Å²) in [6.07, 6.45) is 2.03. The summed E-state index contributed by atoms with van der Waals surface area (Å²) < 4.78 is 28.3. The monoisotopic (exact) mass is 290 g/mol. The van der Waals surface area contributed by atoms with E-state index < -0.39 is 17.7 Å². The molecule has 0 saturated carbocycles. The van der Waals surface area contributed by atoms with Gasteiger partial charge in [-0.15, -0.1) is 0 Å². The van der Waals surface area contributed by atoms with Crippen molar-refractivity contribution in [2.75, 3.05) is 0 Å². The highest BCUT2D eigenvalue weighted by atomic mass is 19.1. The van der Waals surface area contributed by atoms with Gasteiger partial charge in [-0.3, -0.25) is 5.84 Å². The highest BCUT2D eigenvalue weighted by Crippen LogP contribution is 2.28. The van der Waals surface area contributed by atoms with Gasteiger partial charge in [0.05, 0.1) is 6.04 Å². The first kappa shape index (κ1) is 15.6. The van der Waals surface area contributed by atoms with Crippen LogP contribution < -0.4 is 11.3 Å². The van der Waals surface area contributed by atoms with Crippen molar-refractivity contribution >= 4 is 0 Å². The first-order valence-corrected chi connectivity index (χ1v) is 7.08. The van der Waals surface area contributed by atoms with Crippen molar-refractivity contribution in [3.05, 3.63) is 70.3 Å². The van der Waals surface area contributed by atoms with Crippen LogP contribution in [0.3, 0.4) is 0 Å². The molecule has 0 saturated heterocycles. The summed E-state index contributed by atoms with van der Waals surface area (Å²) in [6.45, 7) is 3.71. The number of hydrogen-bond acceptors (Lipinski definition) is 2. The van der Waals surface area contributed by atoms with Gasteiger partial charge in [0.1, 0.15) is 11.6 Å². The van der Waals surface area contributed by atoms with Gasteiger partial charge in [0.15, 0.2) is 0 Å².